The van der Waals surface area contributed by atoms with Crippen molar-refractivity contribution in [2.45, 2.75) is 32.7 Å². The second-order valence-electron chi connectivity index (χ2n) is 5.66. The van der Waals surface area contributed by atoms with Crippen molar-refractivity contribution in [1.82, 2.24) is 15.1 Å². The lowest BCUT2D eigenvalue weighted by Crippen LogP contribution is -2.28. The molecule has 1 amide bonds. The van der Waals surface area contributed by atoms with Crippen LogP contribution in [0.3, 0.4) is 0 Å². The van der Waals surface area contributed by atoms with Crippen LogP contribution in [0.15, 0.2) is 24.3 Å². The van der Waals surface area contributed by atoms with E-state index in [1.165, 1.54) is 30.6 Å². The first-order valence-electron chi connectivity index (χ1n) is 7.63. The summed E-state index contributed by atoms with van der Waals surface area (Å²) in [5.41, 5.74) is 1.77. The van der Waals surface area contributed by atoms with Gasteiger partial charge in [-0.05, 0) is 45.0 Å². The molecule has 1 N–H and O–H groups in total. The predicted molar refractivity (Wildman–Crippen MR) is 88.2 cm³/mol. The number of benzene rings is 1. The lowest BCUT2D eigenvalue weighted by atomic mass is 10.1. The van der Waals surface area contributed by atoms with Gasteiger partial charge in [0.1, 0.15) is 5.01 Å². The van der Waals surface area contributed by atoms with Crippen LogP contribution in [0.25, 0.3) is 0 Å². The molecule has 0 atom stereocenters. The summed E-state index contributed by atoms with van der Waals surface area (Å²) in [6.45, 7) is 5.09. The van der Waals surface area contributed by atoms with E-state index in [0.717, 1.165) is 30.2 Å². The van der Waals surface area contributed by atoms with Crippen LogP contribution in [-0.2, 0) is 6.54 Å². The molecule has 0 saturated carbocycles. The molecule has 1 aromatic carbocycles. The van der Waals surface area contributed by atoms with Crippen molar-refractivity contribution in [1.29, 1.82) is 0 Å². The maximum absolute atomic E-state index is 12.1. The molecule has 116 valence electrons. The van der Waals surface area contributed by atoms with Crippen molar-refractivity contribution in [3.63, 3.8) is 0 Å². The van der Waals surface area contributed by atoms with Crippen molar-refractivity contribution in [3.8, 4) is 0 Å². The lowest BCUT2D eigenvalue weighted by Gasteiger charge is -2.24. The number of amides is 1. The van der Waals surface area contributed by atoms with Gasteiger partial charge in [0.2, 0.25) is 5.13 Å². The van der Waals surface area contributed by atoms with E-state index in [-0.39, 0.29) is 5.91 Å². The van der Waals surface area contributed by atoms with Crippen molar-refractivity contribution < 1.29 is 4.79 Å². The molecule has 2 heterocycles. The zero-order valence-electron chi connectivity index (χ0n) is 12.7. The molecule has 1 aliphatic heterocycles. The van der Waals surface area contributed by atoms with Crippen LogP contribution in [0.2, 0.25) is 0 Å². The molecule has 5 nitrogen and oxygen atoms in total. The molecule has 2 aromatic rings. The fourth-order valence-electron chi connectivity index (χ4n) is 2.55. The Morgan fingerprint density at radius 2 is 1.91 bits per heavy atom. The van der Waals surface area contributed by atoms with Crippen LogP contribution >= 0.6 is 11.3 Å². The van der Waals surface area contributed by atoms with Crippen LogP contribution in [-0.4, -0.2) is 34.1 Å². The number of carbonyl (C=O) groups is 1. The molecular formula is C16H20N4OS. The monoisotopic (exact) mass is 316 g/mol. The minimum Gasteiger partial charge on any atom is -0.297 e. The standard InChI is InChI=1S/C16H20N4OS/c1-12-5-7-13(8-6-12)15(21)17-16-19-18-14(22-16)11-20-9-3-2-4-10-20/h5-8H,2-4,9-11H2,1H3,(H,17,19,21). The van der Waals surface area contributed by atoms with E-state index in [2.05, 4.69) is 20.4 Å². The number of aryl methyl sites for hydroxylation is 1. The molecule has 0 unspecified atom stereocenters. The Labute approximate surface area is 134 Å². The summed E-state index contributed by atoms with van der Waals surface area (Å²) in [7, 11) is 0. The highest BCUT2D eigenvalue weighted by Crippen LogP contribution is 2.19. The first-order chi connectivity index (χ1) is 10.7. The molecule has 22 heavy (non-hydrogen) atoms. The molecule has 1 saturated heterocycles. The highest BCUT2D eigenvalue weighted by Gasteiger charge is 2.14. The first-order valence-corrected chi connectivity index (χ1v) is 8.45. The van der Waals surface area contributed by atoms with Gasteiger partial charge in [0.05, 0.1) is 6.54 Å². The van der Waals surface area contributed by atoms with Gasteiger partial charge in [0.15, 0.2) is 0 Å². The molecule has 6 heteroatoms. The zero-order valence-corrected chi connectivity index (χ0v) is 13.5. The van der Waals surface area contributed by atoms with Crippen molar-refractivity contribution >= 4 is 22.4 Å². The Balaban J connectivity index is 1.58. The SMILES string of the molecule is Cc1ccc(C(=O)Nc2nnc(CN3CCCCC3)s2)cc1. The first kappa shape index (κ1) is 15.1. The number of hydrogen-bond donors (Lipinski definition) is 1. The number of carbonyl (C=O) groups excluding carboxylic acids is 1. The second-order valence-corrected chi connectivity index (χ2v) is 6.72. The number of likely N-dealkylation sites (tertiary alicyclic amines) is 1. The Morgan fingerprint density at radius 3 is 2.64 bits per heavy atom. The van der Waals surface area contributed by atoms with Gasteiger partial charge in [-0.3, -0.25) is 15.0 Å². The number of rotatable bonds is 4. The van der Waals surface area contributed by atoms with E-state index in [4.69, 9.17) is 0 Å². The van der Waals surface area contributed by atoms with E-state index in [1.807, 2.05) is 31.2 Å². The molecular weight excluding hydrogens is 296 g/mol. The highest BCUT2D eigenvalue weighted by molar-refractivity contribution is 7.15. The summed E-state index contributed by atoms with van der Waals surface area (Å²) >= 11 is 1.46. The lowest BCUT2D eigenvalue weighted by molar-refractivity contribution is 0.102. The third-order valence-corrected chi connectivity index (χ3v) is 4.63. The Hall–Kier alpha value is -1.79. The van der Waals surface area contributed by atoms with Gasteiger partial charge in [0.25, 0.3) is 5.91 Å². The molecule has 1 aliphatic rings. The minimum absolute atomic E-state index is 0.138. The number of nitrogens with one attached hydrogen (secondary N) is 1. The number of piperidine rings is 1. The summed E-state index contributed by atoms with van der Waals surface area (Å²) in [4.78, 5) is 14.5. The van der Waals surface area contributed by atoms with Gasteiger partial charge in [-0.15, -0.1) is 10.2 Å². The largest absolute Gasteiger partial charge is 0.297 e. The van der Waals surface area contributed by atoms with Crippen LogP contribution in [0.5, 0.6) is 0 Å². The topological polar surface area (TPSA) is 58.1 Å². The molecule has 0 bridgehead atoms. The minimum atomic E-state index is -0.138. The number of anilines is 1. The van der Waals surface area contributed by atoms with Crippen LogP contribution in [0.1, 0.15) is 40.2 Å². The fraction of sp³-hybridized carbons (Fsp3) is 0.438. The van der Waals surface area contributed by atoms with E-state index < -0.39 is 0 Å². The third kappa shape index (κ3) is 3.90. The predicted octanol–water partition coefficient (Wildman–Crippen LogP) is 3.08. The third-order valence-electron chi connectivity index (χ3n) is 3.81. The van der Waals surface area contributed by atoms with Gasteiger partial charge < -0.3 is 0 Å². The van der Waals surface area contributed by atoms with Gasteiger partial charge in [-0.1, -0.05) is 35.5 Å². The second kappa shape index (κ2) is 6.98. The van der Waals surface area contributed by atoms with Gasteiger partial charge in [-0.25, -0.2) is 0 Å². The van der Waals surface area contributed by atoms with E-state index in [1.54, 1.807) is 0 Å². The van der Waals surface area contributed by atoms with Crippen molar-refractivity contribution in [3.05, 3.63) is 40.4 Å². The number of nitrogens with zero attached hydrogens (tertiary/aromatic N) is 3. The summed E-state index contributed by atoms with van der Waals surface area (Å²) in [6.07, 6.45) is 3.84. The fourth-order valence-corrected chi connectivity index (χ4v) is 3.33. The Morgan fingerprint density at radius 1 is 1.18 bits per heavy atom. The number of aromatic nitrogens is 2. The molecule has 0 aliphatic carbocycles. The normalized spacial score (nSPS) is 15.7. The smallest absolute Gasteiger partial charge is 0.257 e. The summed E-state index contributed by atoms with van der Waals surface area (Å²) < 4.78 is 0. The zero-order chi connectivity index (χ0) is 15.4. The Bertz CT molecular complexity index is 632. The molecule has 3 rings (SSSR count). The highest BCUT2D eigenvalue weighted by atomic mass is 32.1. The summed E-state index contributed by atoms with van der Waals surface area (Å²) in [5.74, 6) is -0.138. The van der Waals surface area contributed by atoms with Gasteiger partial charge >= 0.3 is 0 Å². The maximum atomic E-state index is 12.1. The Kier molecular flexibility index (Phi) is 4.80. The van der Waals surface area contributed by atoms with E-state index in [0.29, 0.717) is 10.7 Å². The molecule has 0 spiro atoms. The number of hydrogen-bond acceptors (Lipinski definition) is 5. The van der Waals surface area contributed by atoms with Crippen LogP contribution in [0.4, 0.5) is 5.13 Å². The maximum Gasteiger partial charge on any atom is 0.257 e. The van der Waals surface area contributed by atoms with E-state index in [9.17, 15) is 4.79 Å². The van der Waals surface area contributed by atoms with Crippen molar-refractivity contribution in [2.24, 2.45) is 0 Å². The summed E-state index contributed by atoms with van der Waals surface area (Å²) in [6, 6.07) is 7.49. The molecule has 1 aromatic heterocycles. The summed E-state index contributed by atoms with van der Waals surface area (Å²) in [5, 5.41) is 12.6. The van der Waals surface area contributed by atoms with Crippen LogP contribution in [0, 0.1) is 6.92 Å². The quantitative estimate of drug-likeness (QED) is 0.942. The average Bonchev–Trinajstić information content (AvgIpc) is 2.96. The average molecular weight is 316 g/mol. The van der Waals surface area contributed by atoms with Gasteiger partial charge in [-0.2, -0.15) is 0 Å². The van der Waals surface area contributed by atoms with E-state index >= 15 is 0 Å². The molecule has 0 radical (unpaired) electrons. The van der Waals surface area contributed by atoms with Crippen molar-refractivity contribution in [2.75, 3.05) is 18.4 Å². The van der Waals surface area contributed by atoms with Crippen LogP contribution < -0.4 is 5.32 Å². The van der Waals surface area contributed by atoms with Gasteiger partial charge in [0, 0.05) is 5.56 Å². The molecule has 1 fully saturated rings.